The van der Waals surface area contributed by atoms with E-state index in [0.29, 0.717) is 5.92 Å². The van der Waals surface area contributed by atoms with E-state index in [9.17, 15) is 0 Å². The van der Waals surface area contributed by atoms with E-state index in [2.05, 4.69) is 25.8 Å². The molecule has 2 heteroatoms. The molecule has 0 unspecified atom stereocenters. The zero-order valence-corrected chi connectivity index (χ0v) is 7.02. The molecule has 1 saturated carbocycles. The summed E-state index contributed by atoms with van der Waals surface area (Å²) in [6.45, 7) is 6.30. The van der Waals surface area contributed by atoms with Crippen molar-refractivity contribution in [2.24, 2.45) is 16.6 Å². The van der Waals surface area contributed by atoms with Gasteiger partial charge in [0, 0.05) is 5.92 Å². The molecule has 0 aromatic heterocycles. The van der Waals surface area contributed by atoms with Crippen molar-refractivity contribution in [3.05, 3.63) is 0 Å². The Morgan fingerprint density at radius 2 is 2.00 bits per heavy atom. The van der Waals surface area contributed by atoms with Gasteiger partial charge < -0.3 is 5.73 Å². The van der Waals surface area contributed by atoms with Crippen molar-refractivity contribution >= 4 is 5.84 Å². The van der Waals surface area contributed by atoms with Crippen LogP contribution in [0.25, 0.3) is 0 Å². The van der Waals surface area contributed by atoms with Crippen molar-refractivity contribution in [3.63, 3.8) is 0 Å². The molecule has 0 aromatic rings. The van der Waals surface area contributed by atoms with Gasteiger partial charge in [0.1, 0.15) is 0 Å². The summed E-state index contributed by atoms with van der Waals surface area (Å²) in [6.07, 6.45) is 2.42. The van der Waals surface area contributed by atoms with Crippen LogP contribution in [0.2, 0.25) is 0 Å². The molecule has 1 rings (SSSR count). The third kappa shape index (κ3) is 1.72. The highest BCUT2D eigenvalue weighted by Crippen LogP contribution is 2.38. The van der Waals surface area contributed by atoms with Crippen molar-refractivity contribution < 1.29 is 0 Å². The van der Waals surface area contributed by atoms with Gasteiger partial charge >= 0.3 is 0 Å². The monoisotopic (exact) mass is 140 g/mol. The lowest BCUT2D eigenvalue weighted by atomic mass is 10.2. The molecule has 0 atom stereocenters. The van der Waals surface area contributed by atoms with E-state index < -0.39 is 0 Å². The zero-order valence-electron chi connectivity index (χ0n) is 7.02. The molecule has 0 aromatic carbocycles. The standard InChI is InChI=1S/C8H16N2/c1-6(2)7(9)10-8(3)4-5-8/h6H,4-5H2,1-3H3,(H2,9,10). The van der Waals surface area contributed by atoms with Gasteiger partial charge in [-0.3, -0.25) is 4.99 Å². The number of nitrogens with zero attached hydrogens (tertiary/aromatic N) is 1. The van der Waals surface area contributed by atoms with Gasteiger partial charge in [-0.1, -0.05) is 13.8 Å². The fourth-order valence-corrected chi connectivity index (χ4v) is 0.733. The molecule has 1 aliphatic rings. The van der Waals surface area contributed by atoms with Gasteiger partial charge in [0.15, 0.2) is 0 Å². The predicted molar refractivity (Wildman–Crippen MR) is 44.1 cm³/mol. The van der Waals surface area contributed by atoms with Crippen molar-refractivity contribution in [1.29, 1.82) is 0 Å². The topological polar surface area (TPSA) is 38.4 Å². The second-order valence-corrected chi connectivity index (χ2v) is 3.69. The second kappa shape index (κ2) is 2.26. The minimum absolute atomic E-state index is 0.217. The van der Waals surface area contributed by atoms with Crippen molar-refractivity contribution in [1.82, 2.24) is 0 Å². The number of hydrogen-bond donors (Lipinski definition) is 1. The maximum absolute atomic E-state index is 5.69. The van der Waals surface area contributed by atoms with Crippen molar-refractivity contribution in [2.75, 3.05) is 0 Å². The average molecular weight is 140 g/mol. The molecule has 0 radical (unpaired) electrons. The first-order chi connectivity index (χ1) is 4.53. The summed E-state index contributed by atoms with van der Waals surface area (Å²) in [5.41, 5.74) is 5.91. The Balaban J connectivity index is 2.53. The maximum atomic E-state index is 5.69. The van der Waals surface area contributed by atoms with Crippen molar-refractivity contribution in [2.45, 2.75) is 39.2 Å². The van der Waals surface area contributed by atoms with E-state index in [1.54, 1.807) is 0 Å². The van der Waals surface area contributed by atoms with Crippen LogP contribution in [0.15, 0.2) is 4.99 Å². The third-order valence-corrected chi connectivity index (χ3v) is 1.96. The molecule has 0 saturated heterocycles. The third-order valence-electron chi connectivity index (χ3n) is 1.96. The highest BCUT2D eigenvalue weighted by Gasteiger charge is 2.37. The van der Waals surface area contributed by atoms with Gasteiger partial charge in [-0.2, -0.15) is 0 Å². The molecular formula is C8H16N2. The van der Waals surface area contributed by atoms with E-state index >= 15 is 0 Å². The molecule has 58 valence electrons. The molecule has 10 heavy (non-hydrogen) atoms. The summed E-state index contributed by atoms with van der Waals surface area (Å²) in [5.74, 6) is 1.21. The number of hydrogen-bond acceptors (Lipinski definition) is 1. The van der Waals surface area contributed by atoms with E-state index in [1.165, 1.54) is 12.8 Å². The van der Waals surface area contributed by atoms with Gasteiger partial charge in [0.2, 0.25) is 0 Å². The van der Waals surface area contributed by atoms with Crippen LogP contribution in [0.1, 0.15) is 33.6 Å². The fourth-order valence-electron chi connectivity index (χ4n) is 0.733. The Hall–Kier alpha value is -0.530. The Kier molecular flexibility index (Phi) is 1.71. The number of aliphatic imine (C=N–C) groups is 1. The first kappa shape index (κ1) is 7.58. The van der Waals surface area contributed by atoms with Crippen LogP contribution in [0.3, 0.4) is 0 Å². The first-order valence-electron chi connectivity index (χ1n) is 3.89. The molecule has 0 heterocycles. The lowest BCUT2D eigenvalue weighted by Crippen LogP contribution is -2.21. The summed E-state index contributed by atoms with van der Waals surface area (Å²) in [5, 5.41) is 0. The molecule has 0 spiro atoms. The summed E-state index contributed by atoms with van der Waals surface area (Å²) < 4.78 is 0. The summed E-state index contributed by atoms with van der Waals surface area (Å²) in [7, 11) is 0. The molecular weight excluding hydrogens is 124 g/mol. The second-order valence-electron chi connectivity index (χ2n) is 3.69. The fraction of sp³-hybridized carbons (Fsp3) is 0.875. The van der Waals surface area contributed by atoms with E-state index in [1.807, 2.05) is 0 Å². The number of rotatable bonds is 2. The Morgan fingerprint density at radius 3 is 2.30 bits per heavy atom. The lowest BCUT2D eigenvalue weighted by Gasteiger charge is -2.07. The maximum Gasteiger partial charge on any atom is 0.0969 e. The van der Waals surface area contributed by atoms with Crippen LogP contribution in [0.5, 0.6) is 0 Å². The SMILES string of the molecule is CC(C)C(N)=NC1(C)CC1. The number of nitrogens with two attached hydrogens (primary N) is 1. The summed E-state index contributed by atoms with van der Waals surface area (Å²) in [4.78, 5) is 4.41. The van der Waals surface area contributed by atoms with Gasteiger partial charge in [-0.25, -0.2) is 0 Å². The molecule has 0 amide bonds. The molecule has 1 aliphatic carbocycles. The molecule has 2 N–H and O–H groups in total. The number of amidine groups is 1. The normalized spacial score (nSPS) is 23.4. The first-order valence-corrected chi connectivity index (χ1v) is 3.89. The van der Waals surface area contributed by atoms with Gasteiger partial charge in [0.05, 0.1) is 11.4 Å². The Bertz CT molecular complexity index is 155. The van der Waals surface area contributed by atoms with Crippen LogP contribution in [0, 0.1) is 5.92 Å². The largest absolute Gasteiger partial charge is 0.387 e. The Morgan fingerprint density at radius 1 is 1.50 bits per heavy atom. The van der Waals surface area contributed by atoms with E-state index in [4.69, 9.17) is 5.73 Å². The van der Waals surface area contributed by atoms with Gasteiger partial charge in [-0.05, 0) is 19.8 Å². The minimum Gasteiger partial charge on any atom is -0.387 e. The predicted octanol–water partition coefficient (Wildman–Crippen LogP) is 1.55. The summed E-state index contributed by atoms with van der Waals surface area (Å²) in [6, 6.07) is 0. The summed E-state index contributed by atoms with van der Waals surface area (Å²) >= 11 is 0. The van der Waals surface area contributed by atoms with Crippen LogP contribution in [-0.4, -0.2) is 11.4 Å². The van der Waals surface area contributed by atoms with Gasteiger partial charge in [-0.15, -0.1) is 0 Å². The van der Waals surface area contributed by atoms with E-state index in [-0.39, 0.29) is 5.54 Å². The zero-order chi connectivity index (χ0) is 7.78. The lowest BCUT2D eigenvalue weighted by molar-refractivity contribution is 0.738. The molecule has 0 aliphatic heterocycles. The van der Waals surface area contributed by atoms with E-state index in [0.717, 1.165) is 5.84 Å². The van der Waals surface area contributed by atoms with Crippen LogP contribution in [0.4, 0.5) is 0 Å². The highest BCUT2D eigenvalue weighted by molar-refractivity contribution is 5.82. The smallest absolute Gasteiger partial charge is 0.0969 e. The average Bonchev–Trinajstić information content (AvgIpc) is 2.47. The van der Waals surface area contributed by atoms with Gasteiger partial charge in [0.25, 0.3) is 0 Å². The minimum atomic E-state index is 0.217. The molecule has 0 bridgehead atoms. The van der Waals surface area contributed by atoms with Crippen LogP contribution in [-0.2, 0) is 0 Å². The molecule has 1 fully saturated rings. The van der Waals surface area contributed by atoms with Crippen LogP contribution < -0.4 is 5.73 Å². The van der Waals surface area contributed by atoms with Crippen molar-refractivity contribution in [3.8, 4) is 0 Å². The highest BCUT2D eigenvalue weighted by atomic mass is 15.0. The van der Waals surface area contributed by atoms with Crippen LogP contribution >= 0.6 is 0 Å². The quantitative estimate of drug-likeness (QED) is 0.458. The molecule has 2 nitrogen and oxygen atoms in total. The Labute approximate surface area is 62.5 Å².